The molecule has 198 valence electrons. The van der Waals surface area contributed by atoms with Gasteiger partial charge in [0, 0.05) is 70.1 Å². The molecule has 2 saturated heterocycles. The minimum absolute atomic E-state index is 0.0766. The Bertz CT molecular complexity index is 972. The number of nitrogens with zero attached hydrogens (tertiary/aromatic N) is 4. The number of carbonyl (C=O) groups is 1. The van der Waals surface area contributed by atoms with E-state index in [-0.39, 0.29) is 30.2 Å². The van der Waals surface area contributed by atoms with Crippen molar-refractivity contribution in [3.8, 4) is 6.07 Å². The van der Waals surface area contributed by atoms with Crippen LogP contribution in [0.4, 0.5) is 8.78 Å². The summed E-state index contributed by atoms with van der Waals surface area (Å²) in [7, 11) is 0. The predicted molar refractivity (Wildman–Crippen MR) is 138 cm³/mol. The summed E-state index contributed by atoms with van der Waals surface area (Å²) in [5, 5.41) is 9.64. The van der Waals surface area contributed by atoms with Crippen molar-refractivity contribution in [2.75, 3.05) is 39.3 Å². The first-order valence-corrected chi connectivity index (χ1v) is 13.7. The van der Waals surface area contributed by atoms with E-state index in [9.17, 15) is 10.1 Å². The van der Waals surface area contributed by atoms with Crippen LogP contribution in [0.25, 0.3) is 0 Å². The zero-order valence-corrected chi connectivity index (χ0v) is 22.4. The average molecular weight is 501 g/mol. The number of piperidine rings is 1. The van der Waals surface area contributed by atoms with Gasteiger partial charge in [-0.05, 0) is 69.1 Å². The smallest absolute Gasteiger partial charge is 0.252 e. The van der Waals surface area contributed by atoms with Crippen molar-refractivity contribution in [3.05, 3.63) is 34.9 Å². The standard InChI is InChI=1S/C29H42F2N4O/c1-21(2)33-14-16-34(17-15-33)26-6-5-9-29(30,31)25(26)19-27(36)35-12-10-28(4,11-13-35)24-8-7-22(3)18-23(24)20-32/h7-8,18,21,25-26H,5-6,9-17,19H2,1-4H3/t25-,26+/m1/s1. The maximum atomic E-state index is 15.2. The van der Waals surface area contributed by atoms with Crippen LogP contribution in [0.5, 0.6) is 0 Å². The Kier molecular flexibility index (Phi) is 8.07. The molecule has 3 fully saturated rings. The quantitative estimate of drug-likeness (QED) is 0.573. The van der Waals surface area contributed by atoms with Crippen LogP contribution in [0.1, 0.15) is 76.0 Å². The predicted octanol–water partition coefficient (Wildman–Crippen LogP) is 4.97. The zero-order chi connectivity index (χ0) is 26.1. The van der Waals surface area contributed by atoms with E-state index in [4.69, 9.17) is 0 Å². The van der Waals surface area contributed by atoms with Gasteiger partial charge in [-0.3, -0.25) is 14.6 Å². The third-order valence-corrected chi connectivity index (χ3v) is 9.13. The molecule has 2 atom stereocenters. The Morgan fingerprint density at radius 2 is 1.78 bits per heavy atom. The molecule has 1 aromatic rings. The number of nitriles is 1. The van der Waals surface area contributed by atoms with E-state index in [2.05, 4.69) is 36.6 Å². The molecule has 36 heavy (non-hydrogen) atoms. The third kappa shape index (κ3) is 5.60. The van der Waals surface area contributed by atoms with E-state index in [0.717, 1.165) is 56.6 Å². The number of aryl methyl sites for hydroxylation is 1. The van der Waals surface area contributed by atoms with Crippen molar-refractivity contribution in [2.24, 2.45) is 5.92 Å². The molecular weight excluding hydrogens is 458 g/mol. The molecule has 0 unspecified atom stereocenters. The lowest BCUT2D eigenvalue weighted by atomic mass is 9.72. The van der Waals surface area contributed by atoms with Crippen LogP contribution < -0.4 is 0 Å². The molecule has 1 amide bonds. The fourth-order valence-corrected chi connectivity index (χ4v) is 6.64. The summed E-state index contributed by atoms with van der Waals surface area (Å²) in [4.78, 5) is 19.8. The molecule has 2 aliphatic heterocycles. The number of hydrogen-bond acceptors (Lipinski definition) is 4. The highest BCUT2D eigenvalue weighted by atomic mass is 19.3. The van der Waals surface area contributed by atoms with Gasteiger partial charge in [0.15, 0.2) is 0 Å². The van der Waals surface area contributed by atoms with E-state index in [1.54, 1.807) is 4.90 Å². The molecule has 0 N–H and O–H groups in total. The molecule has 5 nitrogen and oxygen atoms in total. The van der Waals surface area contributed by atoms with Gasteiger partial charge in [0.05, 0.1) is 11.6 Å². The van der Waals surface area contributed by atoms with Gasteiger partial charge in [-0.2, -0.15) is 5.26 Å². The van der Waals surface area contributed by atoms with Crippen LogP contribution in [-0.4, -0.2) is 77.9 Å². The number of benzene rings is 1. The van der Waals surface area contributed by atoms with Crippen molar-refractivity contribution in [2.45, 2.75) is 89.6 Å². The summed E-state index contributed by atoms with van der Waals surface area (Å²) < 4.78 is 30.5. The van der Waals surface area contributed by atoms with Crippen molar-refractivity contribution in [3.63, 3.8) is 0 Å². The van der Waals surface area contributed by atoms with Crippen molar-refractivity contribution >= 4 is 5.91 Å². The second-order valence-electron chi connectivity index (χ2n) is 11.8. The lowest BCUT2D eigenvalue weighted by Crippen LogP contribution is -2.58. The van der Waals surface area contributed by atoms with E-state index in [0.29, 0.717) is 31.1 Å². The Hall–Kier alpha value is -2.04. The van der Waals surface area contributed by atoms with Crippen molar-refractivity contribution < 1.29 is 13.6 Å². The van der Waals surface area contributed by atoms with Gasteiger partial charge in [0.25, 0.3) is 5.92 Å². The maximum Gasteiger partial charge on any atom is 0.252 e. The number of piperazine rings is 1. The first kappa shape index (κ1) is 27.0. The molecule has 0 bridgehead atoms. The molecular formula is C29H42F2N4O. The Labute approximate surface area is 215 Å². The van der Waals surface area contributed by atoms with Gasteiger partial charge in [0.1, 0.15) is 0 Å². The van der Waals surface area contributed by atoms with Crippen LogP contribution in [0.2, 0.25) is 0 Å². The first-order valence-electron chi connectivity index (χ1n) is 13.7. The summed E-state index contributed by atoms with van der Waals surface area (Å²) in [6, 6.07) is 8.56. The van der Waals surface area contributed by atoms with Gasteiger partial charge in [0.2, 0.25) is 5.91 Å². The van der Waals surface area contributed by atoms with Crippen molar-refractivity contribution in [1.82, 2.24) is 14.7 Å². The SMILES string of the molecule is Cc1ccc(C2(C)CCN(C(=O)C[C@@H]3[C@@H](N4CCN(C(C)C)CC4)CCCC3(F)F)CC2)c(C#N)c1. The number of hydrogen-bond donors (Lipinski definition) is 0. The van der Waals surface area contributed by atoms with Crippen LogP contribution >= 0.6 is 0 Å². The fraction of sp³-hybridized carbons (Fsp3) is 0.724. The highest BCUT2D eigenvalue weighted by Gasteiger charge is 2.50. The maximum absolute atomic E-state index is 15.2. The van der Waals surface area contributed by atoms with Crippen LogP contribution in [0, 0.1) is 24.2 Å². The normalized spacial score (nSPS) is 27.1. The molecule has 1 saturated carbocycles. The minimum Gasteiger partial charge on any atom is -0.343 e. The lowest BCUT2D eigenvalue weighted by Gasteiger charge is -2.48. The molecule has 1 aromatic carbocycles. The minimum atomic E-state index is -2.80. The number of halogens is 2. The average Bonchev–Trinajstić information content (AvgIpc) is 2.85. The summed E-state index contributed by atoms with van der Waals surface area (Å²) in [6.45, 7) is 13.0. The summed E-state index contributed by atoms with van der Waals surface area (Å²) in [5.41, 5.74) is 2.59. The molecule has 3 aliphatic rings. The van der Waals surface area contributed by atoms with Crippen LogP contribution in [0.3, 0.4) is 0 Å². The molecule has 0 spiro atoms. The lowest BCUT2D eigenvalue weighted by molar-refractivity contribution is -0.151. The van der Waals surface area contributed by atoms with E-state index in [1.807, 2.05) is 25.1 Å². The summed E-state index contributed by atoms with van der Waals surface area (Å²) >= 11 is 0. The summed E-state index contributed by atoms with van der Waals surface area (Å²) in [5.74, 6) is -3.86. The molecule has 7 heteroatoms. The zero-order valence-electron chi connectivity index (χ0n) is 22.4. The van der Waals surface area contributed by atoms with Crippen LogP contribution in [0.15, 0.2) is 18.2 Å². The van der Waals surface area contributed by atoms with Gasteiger partial charge < -0.3 is 4.90 Å². The number of likely N-dealkylation sites (tertiary alicyclic amines) is 1. The van der Waals surface area contributed by atoms with Crippen molar-refractivity contribution in [1.29, 1.82) is 5.26 Å². The van der Waals surface area contributed by atoms with Gasteiger partial charge >= 0.3 is 0 Å². The molecule has 0 radical (unpaired) electrons. The second kappa shape index (κ2) is 10.8. The highest BCUT2D eigenvalue weighted by Crippen LogP contribution is 2.44. The molecule has 4 rings (SSSR count). The second-order valence-corrected chi connectivity index (χ2v) is 11.8. The molecule has 0 aromatic heterocycles. The number of alkyl halides is 2. The Morgan fingerprint density at radius 3 is 2.39 bits per heavy atom. The number of carbonyl (C=O) groups excluding carboxylic acids is 1. The Morgan fingerprint density at radius 1 is 1.11 bits per heavy atom. The van der Waals surface area contributed by atoms with E-state index < -0.39 is 11.8 Å². The van der Waals surface area contributed by atoms with Gasteiger partial charge in [-0.1, -0.05) is 19.1 Å². The number of amides is 1. The van der Waals surface area contributed by atoms with Gasteiger partial charge in [-0.15, -0.1) is 0 Å². The molecule has 2 heterocycles. The molecule has 1 aliphatic carbocycles. The number of rotatable bonds is 5. The van der Waals surface area contributed by atoms with Gasteiger partial charge in [-0.25, -0.2) is 8.78 Å². The summed E-state index contributed by atoms with van der Waals surface area (Å²) in [6.07, 6.45) is 2.54. The fourth-order valence-electron chi connectivity index (χ4n) is 6.64. The largest absolute Gasteiger partial charge is 0.343 e. The van der Waals surface area contributed by atoms with Crippen LogP contribution in [-0.2, 0) is 10.2 Å². The third-order valence-electron chi connectivity index (χ3n) is 9.13. The topological polar surface area (TPSA) is 50.6 Å². The first-order chi connectivity index (χ1) is 17.0. The van der Waals surface area contributed by atoms with E-state index >= 15 is 8.78 Å². The Balaban J connectivity index is 1.41. The monoisotopic (exact) mass is 500 g/mol. The van der Waals surface area contributed by atoms with E-state index in [1.165, 1.54) is 0 Å². The highest BCUT2D eigenvalue weighted by molar-refractivity contribution is 5.77.